The van der Waals surface area contributed by atoms with E-state index in [4.69, 9.17) is 23.2 Å². The van der Waals surface area contributed by atoms with E-state index in [-0.39, 0.29) is 22.5 Å². The van der Waals surface area contributed by atoms with Gasteiger partial charge in [0.05, 0.1) is 0 Å². The van der Waals surface area contributed by atoms with Crippen molar-refractivity contribution in [2.45, 2.75) is 20.8 Å². The highest BCUT2D eigenvalue weighted by molar-refractivity contribution is 6.64. The monoisotopic (exact) mass is 206 g/mol. The molecule has 0 aromatic carbocycles. The average Bonchev–Trinajstić information content (AvgIpc) is 2.32. The van der Waals surface area contributed by atoms with Gasteiger partial charge in [0.15, 0.2) is 0 Å². The first-order valence-corrected chi connectivity index (χ1v) is 4.66. The molecule has 1 saturated carbocycles. The molecule has 12 heavy (non-hydrogen) atoms. The first-order valence-electron chi connectivity index (χ1n) is 3.90. The van der Waals surface area contributed by atoms with Crippen molar-refractivity contribution in [3.05, 3.63) is 11.1 Å². The summed E-state index contributed by atoms with van der Waals surface area (Å²) in [6, 6.07) is 0. The van der Waals surface area contributed by atoms with Crippen molar-refractivity contribution in [2.75, 3.05) is 0 Å². The summed E-state index contributed by atoms with van der Waals surface area (Å²) in [6.07, 6.45) is 1.91. The third-order valence-corrected chi connectivity index (χ3v) is 2.93. The highest BCUT2D eigenvalue weighted by Crippen LogP contribution is 2.60. The van der Waals surface area contributed by atoms with Crippen LogP contribution >= 0.6 is 23.2 Å². The van der Waals surface area contributed by atoms with Gasteiger partial charge in [0.1, 0.15) is 0 Å². The molecule has 2 atom stereocenters. The van der Waals surface area contributed by atoms with E-state index >= 15 is 0 Å². The predicted octanol–water partition coefficient (Wildman–Crippen LogP) is 3.17. The summed E-state index contributed by atoms with van der Waals surface area (Å²) in [5, 5.41) is 0.479. The molecule has 0 aromatic heterocycles. The molecule has 0 spiro atoms. The molecular formula is C9H12Cl2O. The predicted molar refractivity (Wildman–Crippen MR) is 51.2 cm³/mol. The van der Waals surface area contributed by atoms with Crippen molar-refractivity contribution in [3.63, 3.8) is 0 Å². The summed E-state index contributed by atoms with van der Waals surface area (Å²) < 4.78 is 0. The Bertz CT molecular complexity index is 239. The molecule has 0 heterocycles. The van der Waals surface area contributed by atoms with Gasteiger partial charge in [-0.15, -0.1) is 0 Å². The minimum atomic E-state index is -0.251. The molecule has 0 amide bonds. The fourth-order valence-corrected chi connectivity index (χ4v) is 2.22. The topological polar surface area (TPSA) is 17.1 Å². The smallest absolute Gasteiger partial charge is 0.225 e. The minimum Gasteiger partial charge on any atom is -0.281 e. The van der Waals surface area contributed by atoms with Crippen molar-refractivity contribution in [3.8, 4) is 0 Å². The van der Waals surface area contributed by atoms with E-state index in [9.17, 15) is 4.79 Å². The number of hydrogen-bond donors (Lipinski definition) is 0. The Morgan fingerprint density at radius 1 is 1.42 bits per heavy atom. The van der Waals surface area contributed by atoms with Gasteiger partial charge in [-0.3, -0.25) is 4.79 Å². The number of rotatable bonds is 2. The van der Waals surface area contributed by atoms with Crippen LogP contribution in [-0.4, -0.2) is 5.24 Å². The van der Waals surface area contributed by atoms with Gasteiger partial charge in [0.25, 0.3) is 0 Å². The zero-order valence-electron chi connectivity index (χ0n) is 7.40. The second-order valence-electron chi connectivity index (χ2n) is 3.88. The number of carbonyl (C=O) groups is 1. The maximum Gasteiger partial charge on any atom is 0.225 e. The fraction of sp³-hybridized carbons (Fsp3) is 0.667. The van der Waals surface area contributed by atoms with Crippen molar-refractivity contribution >= 4 is 28.4 Å². The molecule has 1 rings (SSSR count). The van der Waals surface area contributed by atoms with Gasteiger partial charge in [-0.25, -0.2) is 0 Å². The molecule has 1 nitrogen and oxygen atoms in total. The summed E-state index contributed by atoms with van der Waals surface area (Å²) in [5.41, 5.74) is -0.00498. The van der Waals surface area contributed by atoms with Crippen LogP contribution < -0.4 is 0 Å². The Morgan fingerprint density at radius 2 is 1.92 bits per heavy atom. The van der Waals surface area contributed by atoms with E-state index in [0.29, 0.717) is 0 Å². The first-order chi connectivity index (χ1) is 5.37. The van der Waals surface area contributed by atoms with Gasteiger partial charge >= 0.3 is 0 Å². The molecule has 0 radical (unpaired) electrons. The Kier molecular flexibility index (Phi) is 2.55. The van der Waals surface area contributed by atoms with E-state index in [1.807, 2.05) is 26.8 Å². The van der Waals surface area contributed by atoms with Gasteiger partial charge < -0.3 is 0 Å². The van der Waals surface area contributed by atoms with Crippen LogP contribution in [0.4, 0.5) is 0 Å². The molecule has 0 N–H and O–H groups in total. The molecule has 0 saturated heterocycles. The quantitative estimate of drug-likeness (QED) is 0.635. The molecule has 0 unspecified atom stereocenters. The fourth-order valence-electron chi connectivity index (χ4n) is 1.67. The van der Waals surface area contributed by atoms with Crippen LogP contribution in [0.3, 0.4) is 0 Å². The summed E-state index contributed by atoms with van der Waals surface area (Å²) in [5.74, 6) is 0.174. The normalized spacial score (nSPS) is 33.2. The Hall–Kier alpha value is -0.0100. The summed E-state index contributed by atoms with van der Waals surface area (Å²) in [7, 11) is 0. The summed E-state index contributed by atoms with van der Waals surface area (Å²) in [4.78, 5) is 10.9. The standard InChI is InChI=1S/C9H12Cl2O/c1-5(10)4-6-7(8(11)12)9(6,2)3/h4,6-7H,1-3H3/b5-4+/t6-,7+/m0/s1. The van der Waals surface area contributed by atoms with Crippen LogP contribution in [0.2, 0.25) is 0 Å². The van der Waals surface area contributed by atoms with Gasteiger partial charge in [-0.1, -0.05) is 31.5 Å². The lowest BCUT2D eigenvalue weighted by Crippen LogP contribution is -1.96. The third kappa shape index (κ3) is 1.67. The number of carbonyl (C=O) groups excluding carboxylic acids is 1. The third-order valence-electron chi connectivity index (χ3n) is 2.56. The molecule has 1 aliphatic carbocycles. The van der Waals surface area contributed by atoms with E-state index < -0.39 is 0 Å². The van der Waals surface area contributed by atoms with Gasteiger partial charge in [0, 0.05) is 11.0 Å². The van der Waals surface area contributed by atoms with Crippen molar-refractivity contribution in [2.24, 2.45) is 17.3 Å². The van der Waals surface area contributed by atoms with Crippen LogP contribution in [0.25, 0.3) is 0 Å². The minimum absolute atomic E-state index is 0.00498. The molecule has 1 aliphatic rings. The van der Waals surface area contributed by atoms with Crippen molar-refractivity contribution in [1.82, 2.24) is 0 Å². The SMILES string of the molecule is C/C(Cl)=C\[C@H]1[C@H](C(=O)Cl)C1(C)C. The maximum absolute atomic E-state index is 10.9. The lowest BCUT2D eigenvalue weighted by molar-refractivity contribution is -0.113. The zero-order chi connectivity index (χ0) is 9.52. The van der Waals surface area contributed by atoms with Crippen LogP contribution in [0.15, 0.2) is 11.1 Å². The number of halogens is 2. The molecule has 1 fully saturated rings. The molecule has 0 bridgehead atoms. The summed E-state index contributed by atoms with van der Waals surface area (Å²) >= 11 is 11.1. The second kappa shape index (κ2) is 3.04. The largest absolute Gasteiger partial charge is 0.281 e. The molecule has 0 aromatic rings. The summed E-state index contributed by atoms with van der Waals surface area (Å²) in [6.45, 7) is 5.86. The second-order valence-corrected chi connectivity index (χ2v) is 4.85. The Morgan fingerprint density at radius 3 is 2.17 bits per heavy atom. The lowest BCUT2D eigenvalue weighted by atomic mass is 10.1. The van der Waals surface area contributed by atoms with Crippen LogP contribution in [0.5, 0.6) is 0 Å². The van der Waals surface area contributed by atoms with Crippen molar-refractivity contribution < 1.29 is 4.79 Å². The van der Waals surface area contributed by atoms with E-state index in [1.165, 1.54) is 0 Å². The van der Waals surface area contributed by atoms with Crippen molar-refractivity contribution in [1.29, 1.82) is 0 Å². The first kappa shape index (κ1) is 10.1. The maximum atomic E-state index is 10.9. The number of hydrogen-bond acceptors (Lipinski definition) is 1. The van der Waals surface area contributed by atoms with E-state index in [2.05, 4.69) is 0 Å². The average molecular weight is 207 g/mol. The van der Waals surface area contributed by atoms with Crippen LogP contribution in [0, 0.1) is 17.3 Å². The van der Waals surface area contributed by atoms with Gasteiger partial charge in [-0.2, -0.15) is 0 Å². The molecular weight excluding hydrogens is 195 g/mol. The zero-order valence-corrected chi connectivity index (χ0v) is 8.91. The van der Waals surface area contributed by atoms with Gasteiger partial charge in [-0.05, 0) is 29.9 Å². The van der Waals surface area contributed by atoms with Crippen LogP contribution in [0.1, 0.15) is 20.8 Å². The molecule has 3 heteroatoms. The molecule has 0 aliphatic heterocycles. The number of allylic oxidation sites excluding steroid dienone is 2. The highest BCUT2D eigenvalue weighted by Gasteiger charge is 2.59. The lowest BCUT2D eigenvalue weighted by Gasteiger charge is -1.96. The highest BCUT2D eigenvalue weighted by atomic mass is 35.5. The Balaban J connectivity index is 2.73. The van der Waals surface area contributed by atoms with Crippen LogP contribution in [-0.2, 0) is 4.79 Å². The Labute approximate surface area is 82.7 Å². The van der Waals surface area contributed by atoms with E-state index in [0.717, 1.165) is 5.03 Å². The van der Waals surface area contributed by atoms with Gasteiger partial charge in [0.2, 0.25) is 5.24 Å². The van der Waals surface area contributed by atoms with E-state index in [1.54, 1.807) is 0 Å². The molecule has 68 valence electrons.